The van der Waals surface area contributed by atoms with Crippen LogP contribution in [0.2, 0.25) is 0 Å². The van der Waals surface area contributed by atoms with Crippen molar-refractivity contribution in [3.05, 3.63) is 11.7 Å². The average molecular weight is 253 g/mol. The van der Waals surface area contributed by atoms with Gasteiger partial charge in [0.25, 0.3) is 0 Å². The van der Waals surface area contributed by atoms with Gasteiger partial charge in [-0.1, -0.05) is 24.9 Å². The first-order chi connectivity index (χ1) is 8.60. The molecule has 0 saturated heterocycles. The zero-order valence-corrected chi connectivity index (χ0v) is 11.5. The van der Waals surface area contributed by atoms with E-state index in [4.69, 9.17) is 15.0 Å². The number of aromatic nitrogens is 2. The first-order valence-corrected chi connectivity index (χ1v) is 6.75. The van der Waals surface area contributed by atoms with E-state index in [1.54, 1.807) is 7.11 Å². The summed E-state index contributed by atoms with van der Waals surface area (Å²) in [6.07, 6.45) is 5.27. The molecule has 1 aliphatic carbocycles. The molecule has 3 unspecified atom stereocenters. The largest absolute Gasteiger partial charge is 0.370 e. The Morgan fingerprint density at radius 1 is 1.44 bits per heavy atom. The standard InChI is InChI=1S/C13H23N3O2/c1-4-13(2,17-3)12-15-11(18-16-12)9-7-5-6-8-10(9)14/h9-10H,4-8,14H2,1-3H3. The predicted octanol–water partition coefficient (Wildman–Crippen LogP) is 2.33. The minimum Gasteiger partial charge on any atom is -0.370 e. The molecule has 0 radical (unpaired) electrons. The number of nitrogens with two attached hydrogens (primary N) is 1. The van der Waals surface area contributed by atoms with E-state index < -0.39 is 5.60 Å². The number of rotatable bonds is 4. The number of nitrogens with zero attached hydrogens (tertiary/aromatic N) is 2. The summed E-state index contributed by atoms with van der Waals surface area (Å²) in [7, 11) is 1.67. The molecule has 18 heavy (non-hydrogen) atoms. The van der Waals surface area contributed by atoms with E-state index in [9.17, 15) is 0 Å². The van der Waals surface area contributed by atoms with Gasteiger partial charge in [0.05, 0.1) is 5.92 Å². The Hall–Kier alpha value is -0.940. The number of methoxy groups -OCH3 is 1. The number of ether oxygens (including phenoxy) is 1. The summed E-state index contributed by atoms with van der Waals surface area (Å²) in [5, 5.41) is 4.07. The molecule has 0 aliphatic heterocycles. The Morgan fingerprint density at radius 2 is 2.17 bits per heavy atom. The molecule has 0 amide bonds. The van der Waals surface area contributed by atoms with E-state index in [-0.39, 0.29) is 12.0 Å². The Morgan fingerprint density at radius 3 is 2.78 bits per heavy atom. The van der Waals surface area contributed by atoms with Crippen LogP contribution in [0, 0.1) is 0 Å². The molecule has 2 N–H and O–H groups in total. The molecule has 1 heterocycles. The molecule has 2 rings (SSSR count). The summed E-state index contributed by atoms with van der Waals surface area (Å²) in [5.74, 6) is 1.51. The number of hydrogen-bond acceptors (Lipinski definition) is 5. The fourth-order valence-corrected chi connectivity index (χ4v) is 2.46. The highest BCUT2D eigenvalue weighted by Gasteiger charge is 2.33. The lowest BCUT2D eigenvalue weighted by atomic mass is 9.85. The first-order valence-electron chi connectivity index (χ1n) is 6.75. The van der Waals surface area contributed by atoms with Crippen LogP contribution in [0.15, 0.2) is 4.52 Å². The second kappa shape index (κ2) is 5.36. The van der Waals surface area contributed by atoms with Gasteiger partial charge in [0.1, 0.15) is 5.60 Å². The molecule has 0 bridgehead atoms. The quantitative estimate of drug-likeness (QED) is 0.891. The maximum absolute atomic E-state index is 6.14. The highest BCUT2D eigenvalue weighted by atomic mass is 16.5. The smallest absolute Gasteiger partial charge is 0.231 e. The monoisotopic (exact) mass is 253 g/mol. The lowest BCUT2D eigenvalue weighted by molar-refractivity contribution is -0.0106. The van der Waals surface area contributed by atoms with Gasteiger partial charge >= 0.3 is 0 Å². The highest BCUT2D eigenvalue weighted by molar-refractivity contribution is 5.05. The van der Waals surface area contributed by atoms with Crippen molar-refractivity contribution in [1.29, 1.82) is 0 Å². The van der Waals surface area contributed by atoms with Gasteiger partial charge in [0, 0.05) is 13.2 Å². The Bertz CT molecular complexity index is 387. The van der Waals surface area contributed by atoms with Crippen molar-refractivity contribution in [2.45, 2.75) is 63.5 Å². The van der Waals surface area contributed by atoms with Crippen LogP contribution in [0.25, 0.3) is 0 Å². The van der Waals surface area contributed by atoms with Gasteiger partial charge in [0.2, 0.25) is 11.7 Å². The molecule has 1 aliphatic rings. The van der Waals surface area contributed by atoms with Crippen LogP contribution >= 0.6 is 0 Å². The Labute approximate surface area is 108 Å². The van der Waals surface area contributed by atoms with Crippen molar-refractivity contribution in [2.24, 2.45) is 5.73 Å². The normalized spacial score (nSPS) is 28.0. The lowest BCUT2D eigenvalue weighted by Crippen LogP contribution is -2.31. The van der Waals surface area contributed by atoms with Crippen molar-refractivity contribution < 1.29 is 9.26 Å². The zero-order valence-electron chi connectivity index (χ0n) is 11.5. The van der Waals surface area contributed by atoms with Crippen molar-refractivity contribution in [2.75, 3.05) is 7.11 Å². The highest BCUT2D eigenvalue weighted by Crippen LogP contribution is 2.33. The topological polar surface area (TPSA) is 74.2 Å². The van der Waals surface area contributed by atoms with Crippen LogP contribution < -0.4 is 5.73 Å². The van der Waals surface area contributed by atoms with Crippen LogP contribution in [0.5, 0.6) is 0 Å². The van der Waals surface area contributed by atoms with E-state index in [0.29, 0.717) is 11.7 Å². The van der Waals surface area contributed by atoms with Crippen molar-refractivity contribution in [3.8, 4) is 0 Å². The minimum absolute atomic E-state index is 0.141. The Balaban J connectivity index is 2.19. The SMILES string of the molecule is CCC(C)(OC)c1noc(C2CCCCC2N)n1. The molecular formula is C13H23N3O2. The fourth-order valence-electron chi connectivity index (χ4n) is 2.46. The second-order valence-corrected chi connectivity index (χ2v) is 5.30. The second-order valence-electron chi connectivity index (χ2n) is 5.30. The maximum Gasteiger partial charge on any atom is 0.231 e. The summed E-state index contributed by atoms with van der Waals surface area (Å²) < 4.78 is 10.9. The molecule has 1 aromatic heterocycles. The fraction of sp³-hybridized carbons (Fsp3) is 0.846. The third-order valence-corrected chi connectivity index (χ3v) is 4.18. The van der Waals surface area contributed by atoms with Gasteiger partial charge in [-0.3, -0.25) is 0 Å². The van der Waals surface area contributed by atoms with Gasteiger partial charge in [-0.15, -0.1) is 0 Å². The van der Waals surface area contributed by atoms with Crippen molar-refractivity contribution >= 4 is 0 Å². The van der Waals surface area contributed by atoms with E-state index in [1.807, 2.05) is 13.8 Å². The van der Waals surface area contributed by atoms with Crippen LogP contribution in [0.4, 0.5) is 0 Å². The van der Waals surface area contributed by atoms with Gasteiger partial charge in [0.15, 0.2) is 0 Å². The molecule has 5 heteroatoms. The van der Waals surface area contributed by atoms with Crippen molar-refractivity contribution in [3.63, 3.8) is 0 Å². The molecule has 1 fully saturated rings. The molecule has 3 atom stereocenters. The Kier molecular flexibility index (Phi) is 4.02. The van der Waals surface area contributed by atoms with Crippen LogP contribution in [-0.2, 0) is 10.3 Å². The lowest BCUT2D eigenvalue weighted by Gasteiger charge is -2.25. The van der Waals surface area contributed by atoms with Crippen LogP contribution in [0.1, 0.15) is 63.6 Å². The molecule has 0 aromatic carbocycles. The van der Waals surface area contributed by atoms with E-state index >= 15 is 0 Å². The van der Waals surface area contributed by atoms with E-state index in [2.05, 4.69) is 10.1 Å². The third kappa shape index (κ3) is 2.42. The van der Waals surface area contributed by atoms with Crippen molar-refractivity contribution in [1.82, 2.24) is 10.1 Å². The van der Waals surface area contributed by atoms with E-state index in [1.165, 1.54) is 12.8 Å². The number of hydrogen-bond donors (Lipinski definition) is 1. The summed E-state index contributed by atoms with van der Waals surface area (Å²) in [5.41, 5.74) is 5.66. The van der Waals surface area contributed by atoms with Gasteiger partial charge in [-0.2, -0.15) is 4.98 Å². The average Bonchev–Trinajstić information content (AvgIpc) is 2.88. The van der Waals surface area contributed by atoms with Gasteiger partial charge < -0.3 is 15.0 Å². The summed E-state index contributed by atoms with van der Waals surface area (Å²) in [6, 6.07) is 0.141. The summed E-state index contributed by atoms with van der Waals surface area (Å²) in [6.45, 7) is 4.02. The van der Waals surface area contributed by atoms with Gasteiger partial charge in [-0.25, -0.2) is 0 Å². The maximum atomic E-state index is 6.14. The van der Waals surface area contributed by atoms with Gasteiger partial charge in [-0.05, 0) is 26.2 Å². The van der Waals surface area contributed by atoms with E-state index in [0.717, 1.165) is 19.3 Å². The molecule has 5 nitrogen and oxygen atoms in total. The molecule has 0 spiro atoms. The van der Waals surface area contributed by atoms with Crippen LogP contribution in [0.3, 0.4) is 0 Å². The predicted molar refractivity (Wildman–Crippen MR) is 68.1 cm³/mol. The molecular weight excluding hydrogens is 230 g/mol. The summed E-state index contributed by atoms with van der Waals surface area (Å²) >= 11 is 0. The van der Waals surface area contributed by atoms with Crippen LogP contribution in [-0.4, -0.2) is 23.3 Å². The molecule has 1 aromatic rings. The zero-order chi connectivity index (χ0) is 13.2. The first kappa shape index (κ1) is 13.5. The molecule has 1 saturated carbocycles. The third-order valence-electron chi connectivity index (χ3n) is 4.18. The molecule has 102 valence electrons. The minimum atomic E-state index is -0.472. The summed E-state index contributed by atoms with van der Waals surface area (Å²) in [4.78, 5) is 4.52.